The number of hydrogen-bond donors (Lipinski definition) is 0. The topological polar surface area (TPSA) is 51.0 Å². The number of fused-ring (bicyclic) bond motifs is 1. The molecule has 3 heterocycles. The van der Waals surface area contributed by atoms with Gasteiger partial charge in [0.2, 0.25) is 0 Å². The van der Waals surface area contributed by atoms with Crippen molar-refractivity contribution in [1.82, 2.24) is 19.7 Å². The number of aryl methyl sites for hydroxylation is 1. The maximum atomic E-state index is 12.5. The van der Waals surface area contributed by atoms with Crippen molar-refractivity contribution in [2.45, 2.75) is 12.8 Å². The predicted octanol–water partition coefficient (Wildman–Crippen LogP) is 2.67. The van der Waals surface area contributed by atoms with Gasteiger partial charge in [0.15, 0.2) is 0 Å². The lowest BCUT2D eigenvalue weighted by molar-refractivity contribution is 0.0780. The zero-order valence-electron chi connectivity index (χ0n) is 13.7. The van der Waals surface area contributed by atoms with Gasteiger partial charge < -0.3 is 4.90 Å². The summed E-state index contributed by atoms with van der Waals surface area (Å²) in [6, 6.07) is 12.2. The van der Waals surface area contributed by atoms with Gasteiger partial charge in [0, 0.05) is 37.9 Å². The van der Waals surface area contributed by atoms with Crippen LogP contribution in [0.3, 0.4) is 0 Å². The van der Waals surface area contributed by atoms with Crippen LogP contribution in [0.5, 0.6) is 0 Å². The Hall–Kier alpha value is -2.69. The number of carbonyl (C=O) groups excluding carboxylic acids is 1. The Morgan fingerprint density at radius 2 is 2.17 bits per heavy atom. The monoisotopic (exact) mass is 320 g/mol. The van der Waals surface area contributed by atoms with Crippen molar-refractivity contribution in [2.75, 3.05) is 13.1 Å². The van der Waals surface area contributed by atoms with Crippen LogP contribution in [0.15, 0.2) is 48.8 Å². The fourth-order valence-corrected chi connectivity index (χ4v) is 3.44. The highest BCUT2D eigenvalue weighted by Crippen LogP contribution is 2.23. The SMILES string of the molecule is Cn1ccc(C(=O)N2CCC(Cc3cnc4ccccc4c3)C2)n1. The van der Waals surface area contributed by atoms with E-state index in [0.717, 1.165) is 31.4 Å². The average molecular weight is 320 g/mol. The Balaban J connectivity index is 1.43. The number of para-hydroxylation sites is 1. The molecule has 1 aliphatic heterocycles. The van der Waals surface area contributed by atoms with Crippen molar-refractivity contribution >= 4 is 16.8 Å². The van der Waals surface area contributed by atoms with Crippen molar-refractivity contribution in [2.24, 2.45) is 13.0 Å². The van der Waals surface area contributed by atoms with Gasteiger partial charge in [-0.05, 0) is 42.5 Å². The van der Waals surface area contributed by atoms with Crippen molar-refractivity contribution < 1.29 is 4.79 Å². The summed E-state index contributed by atoms with van der Waals surface area (Å²) >= 11 is 0. The van der Waals surface area contributed by atoms with Gasteiger partial charge in [-0.3, -0.25) is 14.5 Å². The van der Waals surface area contributed by atoms with Crippen LogP contribution in [-0.4, -0.2) is 38.7 Å². The molecule has 4 rings (SSSR count). The maximum absolute atomic E-state index is 12.5. The molecule has 1 amide bonds. The average Bonchev–Trinajstić information content (AvgIpc) is 3.23. The second kappa shape index (κ2) is 6.07. The summed E-state index contributed by atoms with van der Waals surface area (Å²) in [5, 5.41) is 5.39. The summed E-state index contributed by atoms with van der Waals surface area (Å²) in [6.45, 7) is 1.60. The predicted molar refractivity (Wildman–Crippen MR) is 92.7 cm³/mol. The number of amides is 1. The number of rotatable bonds is 3. The molecule has 1 saturated heterocycles. The molecule has 122 valence electrons. The molecule has 2 aromatic heterocycles. The molecule has 0 N–H and O–H groups in total. The van der Waals surface area contributed by atoms with Crippen molar-refractivity contribution in [3.05, 3.63) is 60.0 Å². The van der Waals surface area contributed by atoms with Gasteiger partial charge in [-0.2, -0.15) is 5.10 Å². The van der Waals surface area contributed by atoms with Gasteiger partial charge in [-0.1, -0.05) is 18.2 Å². The third kappa shape index (κ3) is 2.89. The number of benzene rings is 1. The van der Waals surface area contributed by atoms with Gasteiger partial charge in [-0.15, -0.1) is 0 Å². The largest absolute Gasteiger partial charge is 0.337 e. The van der Waals surface area contributed by atoms with E-state index in [1.807, 2.05) is 42.5 Å². The molecule has 0 saturated carbocycles. The minimum Gasteiger partial charge on any atom is -0.337 e. The fourth-order valence-electron chi connectivity index (χ4n) is 3.44. The summed E-state index contributed by atoms with van der Waals surface area (Å²) < 4.78 is 1.67. The summed E-state index contributed by atoms with van der Waals surface area (Å²) in [4.78, 5) is 18.9. The van der Waals surface area contributed by atoms with Crippen LogP contribution in [0, 0.1) is 5.92 Å². The van der Waals surface area contributed by atoms with Crippen LogP contribution < -0.4 is 0 Å². The van der Waals surface area contributed by atoms with Crippen molar-refractivity contribution in [3.63, 3.8) is 0 Å². The van der Waals surface area contributed by atoms with Gasteiger partial charge in [0.25, 0.3) is 5.91 Å². The third-order valence-corrected chi connectivity index (χ3v) is 4.68. The zero-order valence-corrected chi connectivity index (χ0v) is 13.7. The highest BCUT2D eigenvalue weighted by molar-refractivity contribution is 5.92. The first-order valence-electron chi connectivity index (χ1n) is 8.31. The molecule has 5 heteroatoms. The quantitative estimate of drug-likeness (QED) is 0.745. The lowest BCUT2D eigenvalue weighted by Gasteiger charge is -2.15. The Kier molecular flexibility index (Phi) is 3.76. The van der Waals surface area contributed by atoms with Gasteiger partial charge >= 0.3 is 0 Å². The number of hydrogen-bond acceptors (Lipinski definition) is 3. The summed E-state index contributed by atoms with van der Waals surface area (Å²) in [7, 11) is 1.83. The van der Waals surface area contributed by atoms with E-state index in [2.05, 4.69) is 22.2 Å². The molecule has 1 aromatic carbocycles. The van der Waals surface area contributed by atoms with Crippen LogP contribution in [0.1, 0.15) is 22.5 Å². The number of likely N-dealkylation sites (tertiary alicyclic amines) is 1. The van der Waals surface area contributed by atoms with Gasteiger partial charge in [-0.25, -0.2) is 0 Å². The Labute approximate surface area is 140 Å². The van der Waals surface area contributed by atoms with Crippen LogP contribution in [0.2, 0.25) is 0 Å². The first-order chi connectivity index (χ1) is 11.7. The minimum absolute atomic E-state index is 0.0368. The summed E-state index contributed by atoms with van der Waals surface area (Å²) in [6.07, 6.45) is 5.77. The van der Waals surface area contributed by atoms with E-state index < -0.39 is 0 Å². The van der Waals surface area contributed by atoms with Crippen molar-refractivity contribution in [1.29, 1.82) is 0 Å². The number of pyridine rings is 1. The molecule has 0 bridgehead atoms. The molecule has 3 aromatic rings. The van der Waals surface area contributed by atoms with E-state index >= 15 is 0 Å². The number of nitrogens with zero attached hydrogens (tertiary/aromatic N) is 4. The van der Waals surface area contributed by atoms with E-state index in [4.69, 9.17) is 0 Å². The van der Waals surface area contributed by atoms with Crippen LogP contribution in [0.25, 0.3) is 10.9 Å². The summed E-state index contributed by atoms with van der Waals surface area (Å²) in [5.41, 5.74) is 2.80. The number of aromatic nitrogens is 3. The Morgan fingerprint density at radius 3 is 3.00 bits per heavy atom. The van der Waals surface area contributed by atoms with E-state index in [-0.39, 0.29) is 5.91 Å². The van der Waals surface area contributed by atoms with E-state index in [1.54, 1.807) is 10.7 Å². The van der Waals surface area contributed by atoms with E-state index in [9.17, 15) is 4.79 Å². The lowest BCUT2D eigenvalue weighted by Crippen LogP contribution is -2.29. The molecule has 24 heavy (non-hydrogen) atoms. The smallest absolute Gasteiger partial charge is 0.274 e. The summed E-state index contributed by atoms with van der Waals surface area (Å²) in [5.74, 6) is 0.523. The van der Waals surface area contributed by atoms with E-state index in [0.29, 0.717) is 11.6 Å². The van der Waals surface area contributed by atoms with Gasteiger partial charge in [0.05, 0.1) is 5.52 Å². The molecule has 1 atom stereocenters. The van der Waals surface area contributed by atoms with Crippen molar-refractivity contribution in [3.8, 4) is 0 Å². The molecule has 1 aliphatic rings. The molecule has 1 unspecified atom stereocenters. The third-order valence-electron chi connectivity index (χ3n) is 4.68. The van der Waals surface area contributed by atoms with E-state index in [1.165, 1.54) is 10.9 Å². The molecule has 1 fully saturated rings. The Bertz CT molecular complexity index is 886. The second-order valence-corrected chi connectivity index (χ2v) is 6.52. The first kappa shape index (κ1) is 14.9. The van der Waals surface area contributed by atoms with Crippen LogP contribution in [-0.2, 0) is 13.5 Å². The minimum atomic E-state index is 0.0368. The number of carbonyl (C=O) groups is 1. The molecule has 5 nitrogen and oxygen atoms in total. The zero-order chi connectivity index (χ0) is 16.5. The van der Waals surface area contributed by atoms with Crippen LogP contribution in [0.4, 0.5) is 0 Å². The Morgan fingerprint density at radius 1 is 1.29 bits per heavy atom. The first-order valence-corrected chi connectivity index (χ1v) is 8.31. The molecule has 0 spiro atoms. The fraction of sp³-hybridized carbons (Fsp3) is 0.316. The molecular formula is C19H20N4O. The van der Waals surface area contributed by atoms with Gasteiger partial charge in [0.1, 0.15) is 5.69 Å². The molecule has 0 aliphatic carbocycles. The normalized spacial score (nSPS) is 17.5. The standard InChI is InChI=1S/C19H20N4O/c1-22-8-7-18(21-22)19(24)23-9-6-14(13-23)10-15-11-16-4-2-3-5-17(16)20-12-15/h2-5,7-8,11-12,14H,6,9-10,13H2,1H3. The lowest BCUT2D eigenvalue weighted by atomic mass is 9.99. The maximum Gasteiger partial charge on any atom is 0.274 e. The highest BCUT2D eigenvalue weighted by Gasteiger charge is 2.28. The second-order valence-electron chi connectivity index (χ2n) is 6.52. The van der Waals surface area contributed by atoms with Crippen LogP contribution >= 0.6 is 0 Å². The molecule has 0 radical (unpaired) electrons. The molecular weight excluding hydrogens is 300 g/mol. The highest BCUT2D eigenvalue weighted by atomic mass is 16.2.